The van der Waals surface area contributed by atoms with Crippen LogP contribution in [0.2, 0.25) is 5.02 Å². The second-order valence-electron chi connectivity index (χ2n) is 5.03. The SMILES string of the molecule is CNS(=O)(=O)c1ccc(/C(C)=N\NC(=O)c2cc(Cl)ccc2O)cc1. The molecule has 0 atom stereocenters. The predicted octanol–water partition coefficient (Wildman–Crippen LogP) is 2.11. The van der Waals surface area contributed by atoms with Gasteiger partial charge in [0, 0.05) is 5.02 Å². The third-order valence-corrected chi connectivity index (χ3v) is 5.04. The van der Waals surface area contributed by atoms with E-state index >= 15 is 0 Å². The number of phenols is 1. The Labute approximate surface area is 150 Å². The molecule has 1 amide bonds. The highest BCUT2D eigenvalue weighted by atomic mass is 35.5. The highest BCUT2D eigenvalue weighted by Crippen LogP contribution is 2.21. The van der Waals surface area contributed by atoms with Gasteiger partial charge >= 0.3 is 0 Å². The molecule has 7 nitrogen and oxygen atoms in total. The topological polar surface area (TPSA) is 108 Å². The molecule has 3 N–H and O–H groups in total. The van der Waals surface area contributed by atoms with Crippen molar-refractivity contribution >= 4 is 33.2 Å². The van der Waals surface area contributed by atoms with Gasteiger partial charge in [-0.2, -0.15) is 5.10 Å². The van der Waals surface area contributed by atoms with Crippen molar-refractivity contribution in [2.75, 3.05) is 7.05 Å². The van der Waals surface area contributed by atoms with Gasteiger partial charge in [0.15, 0.2) is 0 Å². The minimum absolute atomic E-state index is 0.000452. The summed E-state index contributed by atoms with van der Waals surface area (Å²) in [7, 11) is -2.18. The number of nitrogens with one attached hydrogen (secondary N) is 2. The first-order chi connectivity index (χ1) is 11.7. The fraction of sp³-hybridized carbons (Fsp3) is 0.125. The summed E-state index contributed by atoms with van der Waals surface area (Å²) in [5.41, 5.74) is 3.41. The van der Waals surface area contributed by atoms with E-state index in [2.05, 4.69) is 15.2 Å². The fourth-order valence-corrected chi connectivity index (χ4v) is 2.84. The number of aromatic hydroxyl groups is 1. The van der Waals surface area contributed by atoms with Gasteiger partial charge in [0.1, 0.15) is 5.75 Å². The maximum atomic E-state index is 12.1. The lowest BCUT2D eigenvalue weighted by molar-refractivity contribution is 0.0952. The quantitative estimate of drug-likeness (QED) is 0.544. The Kier molecular flexibility index (Phi) is 5.78. The number of benzene rings is 2. The standard InChI is InChI=1S/C16H16ClN3O4S/c1-10(11-3-6-13(7-4-11)25(23,24)18-2)19-20-16(22)14-9-12(17)5-8-15(14)21/h3-9,18,21H,1-2H3,(H,20,22)/b19-10-. The number of sulfonamides is 1. The van der Waals surface area contributed by atoms with Crippen molar-refractivity contribution in [1.29, 1.82) is 0 Å². The maximum absolute atomic E-state index is 12.1. The highest BCUT2D eigenvalue weighted by Gasteiger charge is 2.13. The van der Waals surface area contributed by atoms with E-state index in [0.717, 1.165) is 0 Å². The van der Waals surface area contributed by atoms with Gasteiger partial charge in [0.25, 0.3) is 5.91 Å². The predicted molar refractivity (Wildman–Crippen MR) is 95.5 cm³/mol. The number of amides is 1. The molecule has 0 fully saturated rings. The van der Waals surface area contributed by atoms with Gasteiger partial charge in [-0.05, 0) is 49.9 Å². The minimum Gasteiger partial charge on any atom is -0.507 e. The van der Waals surface area contributed by atoms with E-state index in [-0.39, 0.29) is 16.2 Å². The van der Waals surface area contributed by atoms with Gasteiger partial charge in [-0.1, -0.05) is 23.7 Å². The average molecular weight is 382 g/mol. The Balaban J connectivity index is 2.16. The molecule has 0 aliphatic rings. The molecule has 2 aromatic carbocycles. The van der Waals surface area contributed by atoms with Crippen LogP contribution in [0.25, 0.3) is 0 Å². The summed E-state index contributed by atoms with van der Waals surface area (Å²) < 4.78 is 25.6. The fourth-order valence-electron chi connectivity index (χ4n) is 1.94. The van der Waals surface area contributed by atoms with E-state index in [4.69, 9.17) is 11.6 Å². The van der Waals surface area contributed by atoms with Crippen LogP contribution < -0.4 is 10.1 Å². The van der Waals surface area contributed by atoms with Gasteiger partial charge in [-0.3, -0.25) is 4.79 Å². The molecule has 132 valence electrons. The van der Waals surface area contributed by atoms with Crippen LogP contribution >= 0.6 is 11.6 Å². The Hall–Kier alpha value is -2.42. The first-order valence-corrected chi connectivity index (χ1v) is 8.98. The van der Waals surface area contributed by atoms with Gasteiger partial charge in [0.2, 0.25) is 10.0 Å². The van der Waals surface area contributed by atoms with Crippen molar-refractivity contribution in [3.8, 4) is 5.75 Å². The summed E-state index contributed by atoms with van der Waals surface area (Å²) >= 11 is 5.80. The average Bonchev–Trinajstić information content (AvgIpc) is 2.61. The molecular formula is C16H16ClN3O4S. The van der Waals surface area contributed by atoms with E-state index in [1.165, 1.54) is 37.4 Å². The molecule has 0 unspecified atom stereocenters. The minimum atomic E-state index is -3.51. The summed E-state index contributed by atoms with van der Waals surface area (Å²) in [6.07, 6.45) is 0. The lowest BCUT2D eigenvalue weighted by Gasteiger charge is -2.06. The van der Waals surface area contributed by atoms with Crippen LogP contribution in [0, 0.1) is 0 Å². The van der Waals surface area contributed by atoms with Gasteiger partial charge in [-0.15, -0.1) is 0 Å². The van der Waals surface area contributed by atoms with Crippen molar-refractivity contribution in [3.63, 3.8) is 0 Å². The lowest BCUT2D eigenvalue weighted by atomic mass is 10.1. The summed E-state index contributed by atoms with van der Waals surface area (Å²) in [6.45, 7) is 1.65. The van der Waals surface area contributed by atoms with E-state index in [9.17, 15) is 18.3 Å². The Morgan fingerprint density at radius 2 is 1.80 bits per heavy atom. The molecule has 9 heteroatoms. The molecule has 0 radical (unpaired) electrons. The normalized spacial score (nSPS) is 12.0. The van der Waals surface area contributed by atoms with Crippen LogP contribution in [0.4, 0.5) is 0 Å². The molecule has 0 aliphatic heterocycles. The molecule has 0 bridgehead atoms. The number of carbonyl (C=O) groups is 1. The third kappa shape index (κ3) is 4.56. The number of rotatable bonds is 5. The van der Waals surface area contributed by atoms with Crippen LogP contribution in [0.3, 0.4) is 0 Å². The number of halogens is 1. The summed E-state index contributed by atoms with van der Waals surface area (Å²) in [4.78, 5) is 12.2. The van der Waals surface area contributed by atoms with Crippen LogP contribution in [0.15, 0.2) is 52.5 Å². The van der Waals surface area contributed by atoms with Crippen LogP contribution in [0.5, 0.6) is 5.75 Å². The maximum Gasteiger partial charge on any atom is 0.275 e. The molecule has 0 aromatic heterocycles. The van der Waals surface area contributed by atoms with Gasteiger partial charge < -0.3 is 5.11 Å². The van der Waals surface area contributed by atoms with Crippen molar-refractivity contribution in [2.24, 2.45) is 5.10 Å². The number of hydrogen-bond donors (Lipinski definition) is 3. The van der Waals surface area contributed by atoms with E-state index in [1.54, 1.807) is 19.1 Å². The Bertz CT molecular complexity index is 925. The summed E-state index contributed by atoms with van der Waals surface area (Å²) in [6, 6.07) is 10.1. The molecule has 2 rings (SSSR count). The van der Waals surface area contributed by atoms with Crippen LogP contribution in [-0.2, 0) is 10.0 Å². The molecule has 0 saturated carbocycles. The van der Waals surface area contributed by atoms with Crippen molar-refractivity contribution in [1.82, 2.24) is 10.1 Å². The van der Waals surface area contributed by atoms with Crippen LogP contribution in [-0.4, -0.2) is 32.2 Å². The monoisotopic (exact) mass is 381 g/mol. The molecule has 25 heavy (non-hydrogen) atoms. The van der Waals surface area contributed by atoms with Crippen LogP contribution in [0.1, 0.15) is 22.8 Å². The molecule has 0 aliphatic carbocycles. The van der Waals surface area contributed by atoms with Gasteiger partial charge in [0.05, 0.1) is 16.2 Å². The first-order valence-electron chi connectivity index (χ1n) is 7.11. The largest absolute Gasteiger partial charge is 0.507 e. The molecule has 0 saturated heterocycles. The zero-order valence-corrected chi connectivity index (χ0v) is 15.0. The smallest absolute Gasteiger partial charge is 0.275 e. The number of nitrogens with zero attached hydrogens (tertiary/aromatic N) is 1. The Morgan fingerprint density at radius 1 is 1.16 bits per heavy atom. The second kappa shape index (κ2) is 7.64. The lowest BCUT2D eigenvalue weighted by Crippen LogP contribution is -2.20. The van der Waals surface area contributed by atoms with Crippen molar-refractivity contribution in [2.45, 2.75) is 11.8 Å². The zero-order chi connectivity index (χ0) is 18.6. The molecular weight excluding hydrogens is 366 g/mol. The second-order valence-corrected chi connectivity index (χ2v) is 7.35. The van der Waals surface area contributed by atoms with Gasteiger partial charge in [-0.25, -0.2) is 18.6 Å². The number of carbonyl (C=O) groups excluding carboxylic acids is 1. The van der Waals surface area contributed by atoms with Crippen molar-refractivity contribution in [3.05, 3.63) is 58.6 Å². The van der Waals surface area contributed by atoms with E-state index in [0.29, 0.717) is 16.3 Å². The van der Waals surface area contributed by atoms with Crippen molar-refractivity contribution < 1.29 is 18.3 Å². The van der Waals surface area contributed by atoms with E-state index in [1.807, 2.05) is 0 Å². The number of hydrogen-bond acceptors (Lipinski definition) is 5. The third-order valence-electron chi connectivity index (χ3n) is 3.38. The Morgan fingerprint density at radius 3 is 2.40 bits per heavy atom. The molecule has 0 heterocycles. The zero-order valence-electron chi connectivity index (χ0n) is 13.4. The highest BCUT2D eigenvalue weighted by molar-refractivity contribution is 7.89. The first kappa shape index (κ1) is 18.9. The molecule has 0 spiro atoms. The number of hydrazone groups is 1. The van der Waals surface area contributed by atoms with E-state index < -0.39 is 15.9 Å². The summed E-state index contributed by atoms with van der Waals surface area (Å²) in [5, 5.41) is 13.9. The molecule has 2 aromatic rings. The number of phenolic OH excluding ortho intramolecular Hbond substituents is 1. The summed E-state index contributed by atoms with van der Waals surface area (Å²) in [5.74, 6) is -0.829.